The molecule has 0 fully saturated rings. The molecule has 0 atom stereocenters. The third kappa shape index (κ3) is 2.76. The van der Waals surface area contributed by atoms with Crippen molar-refractivity contribution in [2.45, 2.75) is 13.3 Å². The third-order valence-electron chi connectivity index (χ3n) is 1.36. The Kier molecular flexibility index (Phi) is 2.89. The van der Waals surface area contributed by atoms with Crippen LogP contribution in [0.5, 0.6) is 5.88 Å². The van der Waals surface area contributed by atoms with E-state index in [1.165, 1.54) is 13.0 Å². The van der Waals surface area contributed by atoms with Gasteiger partial charge in [-0.05, 0) is 28.9 Å². The molecule has 78 valence electrons. The third-order valence-corrected chi connectivity index (χ3v) is 1.95. The van der Waals surface area contributed by atoms with Crippen LogP contribution in [-0.2, 0) is 0 Å². The minimum absolute atomic E-state index is 0.157. The van der Waals surface area contributed by atoms with Gasteiger partial charge < -0.3 is 4.74 Å². The largest absolute Gasteiger partial charge is 0.574 e. The summed E-state index contributed by atoms with van der Waals surface area (Å²) in [6.45, 7) is 1.39. The molecule has 1 N–H and O–H groups in total. The van der Waals surface area contributed by atoms with E-state index < -0.39 is 17.8 Å². The fraction of sp³-hybridized carbons (Fsp3) is 0.286. The number of alkyl halides is 3. The van der Waals surface area contributed by atoms with Crippen LogP contribution < -0.4 is 10.3 Å². The van der Waals surface area contributed by atoms with Crippen molar-refractivity contribution < 1.29 is 17.9 Å². The van der Waals surface area contributed by atoms with Crippen molar-refractivity contribution in [3.8, 4) is 5.88 Å². The Morgan fingerprint density at radius 1 is 1.50 bits per heavy atom. The number of pyridine rings is 1. The summed E-state index contributed by atoms with van der Waals surface area (Å²) < 4.78 is 39.1. The van der Waals surface area contributed by atoms with E-state index in [2.05, 4.69) is 20.7 Å². The molecule has 0 saturated heterocycles. The van der Waals surface area contributed by atoms with Crippen molar-refractivity contribution in [2.24, 2.45) is 0 Å². The minimum atomic E-state index is -4.80. The molecule has 3 nitrogen and oxygen atoms in total. The topological polar surface area (TPSA) is 42.1 Å². The SMILES string of the molecule is Cc1cc(Br)c(=O)[nH]c1OC(F)(F)F. The fourth-order valence-corrected chi connectivity index (χ4v) is 1.25. The van der Waals surface area contributed by atoms with Crippen molar-refractivity contribution >= 4 is 15.9 Å². The first-order chi connectivity index (χ1) is 6.29. The highest BCUT2D eigenvalue weighted by Gasteiger charge is 2.32. The maximum Gasteiger partial charge on any atom is 0.574 e. The van der Waals surface area contributed by atoms with Gasteiger partial charge in [-0.1, -0.05) is 0 Å². The Bertz CT molecular complexity index is 399. The highest BCUT2D eigenvalue weighted by molar-refractivity contribution is 9.10. The molecular weight excluding hydrogens is 267 g/mol. The molecule has 0 aliphatic rings. The van der Waals surface area contributed by atoms with Crippen LogP contribution >= 0.6 is 15.9 Å². The van der Waals surface area contributed by atoms with Crippen LogP contribution in [0.2, 0.25) is 0 Å². The van der Waals surface area contributed by atoms with Crippen molar-refractivity contribution in [1.29, 1.82) is 0 Å². The van der Waals surface area contributed by atoms with Crippen LogP contribution in [-0.4, -0.2) is 11.3 Å². The summed E-state index contributed by atoms with van der Waals surface area (Å²) in [5, 5.41) is 0. The monoisotopic (exact) mass is 271 g/mol. The molecule has 0 aromatic carbocycles. The van der Waals surface area contributed by atoms with E-state index in [4.69, 9.17) is 0 Å². The molecule has 0 saturated carbocycles. The lowest BCUT2D eigenvalue weighted by Gasteiger charge is -2.10. The molecule has 0 aliphatic heterocycles. The Balaban J connectivity index is 3.11. The van der Waals surface area contributed by atoms with Crippen molar-refractivity contribution in [3.63, 3.8) is 0 Å². The minimum Gasteiger partial charge on any atom is -0.390 e. The summed E-state index contributed by atoms with van der Waals surface area (Å²) in [4.78, 5) is 12.9. The highest BCUT2D eigenvalue weighted by atomic mass is 79.9. The van der Waals surface area contributed by atoms with Gasteiger partial charge in [-0.25, -0.2) is 0 Å². The molecule has 1 heterocycles. The van der Waals surface area contributed by atoms with Gasteiger partial charge in [0.25, 0.3) is 5.56 Å². The average molecular weight is 272 g/mol. The molecule has 1 aromatic heterocycles. The zero-order chi connectivity index (χ0) is 10.9. The standard InChI is InChI=1S/C7H5BrF3NO2/c1-3-2-4(8)5(13)12-6(3)14-7(9,10)11/h2H,1H3,(H,12,13). The Labute approximate surface area is 85.0 Å². The molecule has 14 heavy (non-hydrogen) atoms. The molecule has 0 amide bonds. The molecule has 1 aromatic rings. The molecule has 0 bridgehead atoms. The molecule has 0 unspecified atom stereocenters. The summed E-state index contributed by atoms with van der Waals surface area (Å²) in [5.74, 6) is -0.592. The van der Waals surface area contributed by atoms with Crippen LogP contribution in [0, 0.1) is 6.92 Å². The lowest BCUT2D eigenvalue weighted by atomic mass is 10.3. The van der Waals surface area contributed by atoms with E-state index in [-0.39, 0.29) is 10.0 Å². The highest BCUT2D eigenvalue weighted by Crippen LogP contribution is 2.23. The van der Waals surface area contributed by atoms with Gasteiger partial charge in [0.05, 0.1) is 4.47 Å². The number of nitrogens with one attached hydrogen (secondary N) is 1. The summed E-state index contributed by atoms with van der Waals surface area (Å²) in [5.41, 5.74) is -0.483. The summed E-state index contributed by atoms with van der Waals surface area (Å²) in [6, 6.07) is 1.25. The lowest BCUT2D eigenvalue weighted by Crippen LogP contribution is -2.21. The Morgan fingerprint density at radius 3 is 2.57 bits per heavy atom. The van der Waals surface area contributed by atoms with Crippen LogP contribution in [0.1, 0.15) is 5.56 Å². The number of rotatable bonds is 1. The quantitative estimate of drug-likeness (QED) is 0.852. The Hall–Kier alpha value is -0.980. The molecule has 0 spiro atoms. The number of aromatic amines is 1. The molecule has 1 rings (SSSR count). The predicted octanol–water partition coefficient (Wildman–Crippen LogP) is 2.34. The maximum absolute atomic E-state index is 11.8. The zero-order valence-corrected chi connectivity index (χ0v) is 8.49. The second-order valence-corrected chi connectivity index (χ2v) is 3.36. The number of aryl methyl sites for hydroxylation is 1. The van der Waals surface area contributed by atoms with Gasteiger partial charge in [0.15, 0.2) is 0 Å². The van der Waals surface area contributed by atoms with E-state index in [0.29, 0.717) is 0 Å². The van der Waals surface area contributed by atoms with E-state index in [1.807, 2.05) is 4.98 Å². The maximum atomic E-state index is 11.8. The smallest absolute Gasteiger partial charge is 0.390 e. The van der Waals surface area contributed by atoms with E-state index >= 15 is 0 Å². The van der Waals surface area contributed by atoms with Crippen LogP contribution in [0.3, 0.4) is 0 Å². The first-order valence-electron chi connectivity index (χ1n) is 3.45. The lowest BCUT2D eigenvalue weighted by molar-refractivity contribution is -0.276. The van der Waals surface area contributed by atoms with Crippen LogP contribution in [0.15, 0.2) is 15.3 Å². The average Bonchev–Trinajstić information content (AvgIpc) is 1.97. The van der Waals surface area contributed by atoms with Crippen molar-refractivity contribution in [2.75, 3.05) is 0 Å². The fourth-order valence-electron chi connectivity index (χ4n) is 0.804. The number of aromatic nitrogens is 1. The number of H-pyrrole nitrogens is 1. The predicted molar refractivity (Wildman–Crippen MR) is 46.2 cm³/mol. The second kappa shape index (κ2) is 3.64. The summed E-state index contributed by atoms with van der Waals surface area (Å²) >= 11 is 2.88. The summed E-state index contributed by atoms with van der Waals surface area (Å²) in [7, 11) is 0. The second-order valence-electron chi connectivity index (χ2n) is 2.51. The van der Waals surface area contributed by atoms with Gasteiger partial charge in [-0.3, -0.25) is 9.78 Å². The van der Waals surface area contributed by atoms with Gasteiger partial charge in [-0.2, -0.15) is 0 Å². The van der Waals surface area contributed by atoms with Crippen molar-refractivity contribution in [3.05, 3.63) is 26.5 Å². The number of hydrogen-bond acceptors (Lipinski definition) is 2. The van der Waals surface area contributed by atoms with Crippen LogP contribution in [0.25, 0.3) is 0 Å². The first-order valence-corrected chi connectivity index (χ1v) is 4.24. The zero-order valence-electron chi connectivity index (χ0n) is 6.91. The Morgan fingerprint density at radius 2 is 2.07 bits per heavy atom. The van der Waals surface area contributed by atoms with Crippen molar-refractivity contribution in [1.82, 2.24) is 4.98 Å². The van der Waals surface area contributed by atoms with Crippen LogP contribution in [0.4, 0.5) is 13.2 Å². The molecule has 0 aliphatic carbocycles. The van der Waals surface area contributed by atoms with E-state index in [0.717, 1.165) is 0 Å². The normalized spacial score (nSPS) is 11.5. The van der Waals surface area contributed by atoms with E-state index in [1.54, 1.807) is 0 Å². The number of halogens is 4. The number of ether oxygens (including phenoxy) is 1. The molecular formula is C7H5BrF3NO2. The molecule has 0 radical (unpaired) electrons. The molecule has 7 heteroatoms. The first kappa shape index (κ1) is 11.1. The van der Waals surface area contributed by atoms with Gasteiger partial charge in [0.2, 0.25) is 5.88 Å². The van der Waals surface area contributed by atoms with Gasteiger partial charge >= 0.3 is 6.36 Å². The number of hydrogen-bond donors (Lipinski definition) is 1. The van der Waals surface area contributed by atoms with Gasteiger partial charge in [0, 0.05) is 5.56 Å². The van der Waals surface area contributed by atoms with Gasteiger partial charge in [0.1, 0.15) is 0 Å². The van der Waals surface area contributed by atoms with Gasteiger partial charge in [-0.15, -0.1) is 13.2 Å². The van der Waals surface area contributed by atoms with E-state index in [9.17, 15) is 18.0 Å². The summed E-state index contributed by atoms with van der Waals surface area (Å²) in [6.07, 6.45) is -4.80.